The van der Waals surface area contributed by atoms with Crippen LogP contribution in [0, 0.1) is 0 Å². The number of allylic oxidation sites excluding steroid dienone is 1. The van der Waals surface area contributed by atoms with E-state index in [2.05, 4.69) is 21.8 Å². The van der Waals surface area contributed by atoms with Crippen molar-refractivity contribution in [2.45, 2.75) is 19.3 Å². The molecule has 1 aromatic heterocycles. The molecule has 2 aromatic rings. The molecule has 0 aliphatic carbocycles. The SMILES string of the molecule is O=c1onc(CCCC=Cc2ccccc2)o1. The Labute approximate surface area is 98.6 Å². The molecule has 0 saturated heterocycles. The van der Waals surface area contributed by atoms with E-state index in [-0.39, 0.29) is 0 Å². The quantitative estimate of drug-likeness (QED) is 0.742. The topological polar surface area (TPSA) is 56.2 Å². The number of hydrogen-bond donors (Lipinski definition) is 0. The molecule has 0 aliphatic rings. The van der Waals surface area contributed by atoms with Crippen LogP contribution in [0.1, 0.15) is 24.3 Å². The average Bonchev–Trinajstić information content (AvgIpc) is 2.76. The van der Waals surface area contributed by atoms with Crippen LogP contribution >= 0.6 is 0 Å². The zero-order valence-electron chi connectivity index (χ0n) is 9.33. The van der Waals surface area contributed by atoms with Crippen molar-refractivity contribution in [3.8, 4) is 0 Å². The van der Waals surface area contributed by atoms with E-state index in [0.717, 1.165) is 12.8 Å². The van der Waals surface area contributed by atoms with Crippen molar-refractivity contribution in [2.24, 2.45) is 0 Å². The van der Waals surface area contributed by atoms with Gasteiger partial charge in [0, 0.05) is 6.42 Å². The van der Waals surface area contributed by atoms with E-state index in [9.17, 15) is 4.79 Å². The van der Waals surface area contributed by atoms with E-state index < -0.39 is 5.82 Å². The molecule has 88 valence electrons. The summed E-state index contributed by atoms with van der Waals surface area (Å²) in [6, 6.07) is 10.1. The van der Waals surface area contributed by atoms with Gasteiger partial charge in [-0.25, -0.2) is 4.79 Å². The first-order valence-corrected chi connectivity index (χ1v) is 5.52. The fourth-order valence-electron chi connectivity index (χ4n) is 1.47. The Morgan fingerprint density at radius 2 is 2.06 bits per heavy atom. The van der Waals surface area contributed by atoms with Gasteiger partial charge in [0.2, 0.25) is 5.89 Å². The molecule has 17 heavy (non-hydrogen) atoms. The van der Waals surface area contributed by atoms with Crippen molar-refractivity contribution >= 4 is 6.08 Å². The van der Waals surface area contributed by atoms with Gasteiger partial charge in [-0.05, 0) is 23.6 Å². The summed E-state index contributed by atoms with van der Waals surface area (Å²) in [5.41, 5.74) is 1.18. The minimum Gasteiger partial charge on any atom is -0.375 e. The van der Waals surface area contributed by atoms with Gasteiger partial charge in [-0.2, -0.15) is 0 Å². The van der Waals surface area contributed by atoms with Gasteiger partial charge >= 0.3 is 5.82 Å². The molecular formula is C13H13NO3. The highest BCUT2D eigenvalue weighted by Gasteiger charge is 2.01. The molecule has 0 fully saturated rings. The molecular weight excluding hydrogens is 218 g/mol. The van der Waals surface area contributed by atoms with Gasteiger partial charge in [0.15, 0.2) is 0 Å². The Hall–Kier alpha value is -2.10. The average molecular weight is 231 g/mol. The van der Waals surface area contributed by atoms with Gasteiger partial charge in [-0.1, -0.05) is 42.5 Å². The first kappa shape index (κ1) is 11.4. The molecule has 4 heteroatoms. The van der Waals surface area contributed by atoms with Crippen LogP contribution in [-0.4, -0.2) is 5.16 Å². The van der Waals surface area contributed by atoms with Gasteiger partial charge in [0.1, 0.15) is 0 Å². The number of nitrogens with zero attached hydrogens (tertiary/aromatic N) is 1. The molecule has 0 saturated carbocycles. The summed E-state index contributed by atoms with van der Waals surface area (Å²) in [5.74, 6) is -0.372. The highest BCUT2D eigenvalue weighted by molar-refractivity contribution is 5.48. The Morgan fingerprint density at radius 1 is 1.24 bits per heavy atom. The molecule has 0 spiro atoms. The first-order chi connectivity index (χ1) is 8.34. The maximum absolute atomic E-state index is 10.6. The lowest BCUT2D eigenvalue weighted by Gasteiger charge is -1.92. The van der Waals surface area contributed by atoms with Gasteiger partial charge in [0.05, 0.1) is 0 Å². The van der Waals surface area contributed by atoms with E-state index >= 15 is 0 Å². The van der Waals surface area contributed by atoms with Crippen LogP contribution in [0.5, 0.6) is 0 Å². The third kappa shape index (κ3) is 3.75. The summed E-state index contributed by atoms with van der Waals surface area (Å²) in [4.78, 5) is 10.6. The second kappa shape index (κ2) is 5.84. The van der Waals surface area contributed by atoms with Crippen molar-refractivity contribution in [3.63, 3.8) is 0 Å². The number of benzene rings is 1. The van der Waals surface area contributed by atoms with Crippen LogP contribution in [0.4, 0.5) is 0 Å². The van der Waals surface area contributed by atoms with Crippen molar-refractivity contribution in [1.29, 1.82) is 0 Å². The number of unbranched alkanes of at least 4 members (excludes halogenated alkanes) is 1. The highest BCUT2D eigenvalue weighted by atomic mass is 16.6. The molecule has 0 unspecified atom stereocenters. The molecule has 1 aromatic carbocycles. The van der Waals surface area contributed by atoms with Crippen molar-refractivity contribution in [2.75, 3.05) is 0 Å². The summed E-state index contributed by atoms with van der Waals surface area (Å²) >= 11 is 0. The van der Waals surface area contributed by atoms with E-state index in [1.165, 1.54) is 5.56 Å². The molecule has 2 rings (SSSR count). The van der Waals surface area contributed by atoms with Gasteiger partial charge in [-0.15, -0.1) is 0 Å². The minimum atomic E-state index is -0.736. The van der Waals surface area contributed by atoms with Crippen LogP contribution < -0.4 is 5.82 Å². The highest BCUT2D eigenvalue weighted by Crippen LogP contribution is 2.05. The molecule has 0 bridgehead atoms. The Bertz CT molecular complexity index is 525. The van der Waals surface area contributed by atoms with Crippen molar-refractivity contribution in [3.05, 3.63) is 58.5 Å². The van der Waals surface area contributed by atoms with E-state index in [0.29, 0.717) is 12.3 Å². The minimum absolute atomic E-state index is 0.364. The van der Waals surface area contributed by atoms with Crippen LogP contribution in [0.25, 0.3) is 6.08 Å². The lowest BCUT2D eigenvalue weighted by atomic mass is 10.1. The maximum atomic E-state index is 10.6. The monoisotopic (exact) mass is 231 g/mol. The van der Waals surface area contributed by atoms with Gasteiger partial charge in [0.25, 0.3) is 0 Å². The summed E-state index contributed by atoms with van der Waals surface area (Å²) in [7, 11) is 0. The van der Waals surface area contributed by atoms with Gasteiger partial charge in [-0.3, -0.25) is 4.52 Å². The number of hydrogen-bond acceptors (Lipinski definition) is 4. The molecule has 4 nitrogen and oxygen atoms in total. The summed E-state index contributed by atoms with van der Waals surface area (Å²) in [6.07, 6.45) is 6.56. The normalized spacial score (nSPS) is 11.1. The molecule has 1 heterocycles. The van der Waals surface area contributed by atoms with Crippen LogP contribution in [0.15, 0.2) is 50.1 Å². The van der Waals surface area contributed by atoms with E-state index in [1.807, 2.05) is 30.3 Å². The van der Waals surface area contributed by atoms with Crippen molar-refractivity contribution in [1.82, 2.24) is 5.16 Å². The van der Waals surface area contributed by atoms with Crippen LogP contribution in [-0.2, 0) is 6.42 Å². The molecule has 0 radical (unpaired) electrons. The van der Waals surface area contributed by atoms with Crippen LogP contribution in [0.2, 0.25) is 0 Å². The maximum Gasteiger partial charge on any atom is 0.542 e. The number of rotatable bonds is 5. The smallest absolute Gasteiger partial charge is 0.375 e. The zero-order chi connectivity index (χ0) is 11.9. The van der Waals surface area contributed by atoms with Crippen molar-refractivity contribution < 1.29 is 8.94 Å². The van der Waals surface area contributed by atoms with E-state index in [1.54, 1.807) is 0 Å². The number of aromatic nitrogens is 1. The molecule has 0 N–H and O–H groups in total. The Morgan fingerprint density at radius 3 is 2.76 bits per heavy atom. The number of aryl methyl sites for hydroxylation is 1. The van der Waals surface area contributed by atoms with E-state index in [4.69, 9.17) is 4.42 Å². The second-order valence-corrected chi connectivity index (χ2v) is 3.63. The molecule has 0 amide bonds. The van der Waals surface area contributed by atoms with Crippen LogP contribution in [0.3, 0.4) is 0 Å². The molecule has 0 atom stereocenters. The standard InChI is InChI=1S/C13H13NO3/c15-13-16-12(14-17-13)10-6-2-5-9-11-7-3-1-4-8-11/h1,3-5,7-9H,2,6,10H2. The fourth-order valence-corrected chi connectivity index (χ4v) is 1.47. The lowest BCUT2D eigenvalue weighted by molar-refractivity contribution is 0.334. The third-order valence-electron chi connectivity index (χ3n) is 2.29. The fraction of sp³-hybridized carbons (Fsp3) is 0.231. The zero-order valence-corrected chi connectivity index (χ0v) is 9.33. The Kier molecular flexibility index (Phi) is 3.91. The molecule has 0 aliphatic heterocycles. The lowest BCUT2D eigenvalue weighted by Crippen LogP contribution is -1.87. The predicted molar refractivity (Wildman–Crippen MR) is 63.5 cm³/mol. The third-order valence-corrected chi connectivity index (χ3v) is 2.29. The summed E-state index contributed by atoms with van der Waals surface area (Å²) in [6.45, 7) is 0. The summed E-state index contributed by atoms with van der Waals surface area (Å²) in [5, 5.41) is 3.49. The second-order valence-electron chi connectivity index (χ2n) is 3.63. The summed E-state index contributed by atoms with van der Waals surface area (Å²) < 4.78 is 8.99. The Balaban J connectivity index is 1.73. The largest absolute Gasteiger partial charge is 0.542 e. The first-order valence-electron chi connectivity index (χ1n) is 5.52. The van der Waals surface area contributed by atoms with Gasteiger partial charge < -0.3 is 4.42 Å². The predicted octanol–water partition coefficient (Wildman–Crippen LogP) is 2.66.